The van der Waals surface area contributed by atoms with Gasteiger partial charge >= 0.3 is 0 Å². The second-order valence-corrected chi connectivity index (χ2v) is 8.61. The standard InChI is InChI=1S/C24H28ClN3O5/c1-14(2)33-23-17(25)11-16(12-20(23)32-5)24(31)27(4)13-22(30)28-15(3)10-21(29)26-18-8-6-7-9-19(18)28/h6-9,11-12,14-15H,10,13H2,1-5H3,(H,26,29)/t15-/m1/s1. The number of hydrogen-bond donors (Lipinski definition) is 1. The summed E-state index contributed by atoms with van der Waals surface area (Å²) in [5.74, 6) is -0.180. The Morgan fingerprint density at radius 1 is 1.27 bits per heavy atom. The zero-order valence-electron chi connectivity index (χ0n) is 19.3. The average molecular weight is 474 g/mol. The Kier molecular flexibility index (Phi) is 7.48. The molecule has 2 aromatic rings. The van der Waals surface area contributed by atoms with Gasteiger partial charge in [-0.05, 0) is 45.0 Å². The maximum atomic E-state index is 13.3. The first kappa shape index (κ1) is 24.4. The van der Waals surface area contributed by atoms with Gasteiger partial charge in [0, 0.05) is 25.1 Å². The quantitative estimate of drug-likeness (QED) is 0.685. The maximum Gasteiger partial charge on any atom is 0.254 e. The largest absolute Gasteiger partial charge is 0.493 e. The molecule has 1 atom stereocenters. The van der Waals surface area contributed by atoms with E-state index in [2.05, 4.69) is 5.32 Å². The van der Waals surface area contributed by atoms with Gasteiger partial charge in [0.15, 0.2) is 11.5 Å². The van der Waals surface area contributed by atoms with E-state index in [0.717, 1.165) is 0 Å². The van der Waals surface area contributed by atoms with E-state index in [0.29, 0.717) is 22.9 Å². The number of methoxy groups -OCH3 is 1. The molecule has 1 N–H and O–H groups in total. The first-order valence-electron chi connectivity index (χ1n) is 10.6. The topological polar surface area (TPSA) is 88.2 Å². The first-order chi connectivity index (χ1) is 15.6. The molecule has 2 aromatic carbocycles. The SMILES string of the molecule is COc1cc(C(=O)N(C)CC(=O)N2c3ccccc3NC(=O)C[C@H]2C)cc(Cl)c1OC(C)C. The Morgan fingerprint density at radius 3 is 2.64 bits per heavy atom. The summed E-state index contributed by atoms with van der Waals surface area (Å²) in [6.07, 6.45) is 0.0282. The lowest BCUT2D eigenvalue weighted by Gasteiger charge is -2.30. The summed E-state index contributed by atoms with van der Waals surface area (Å²) in [7, 11) is 3.00. The van der Waals surface area contributed by atoms with Crippen molar-refractivity contribution < 1.29 is 23.9 Å². The van der Waals surface area contributed by atoms with Gasteiger partial charge in [0.05, 0.1) is 29.6 Å². The van der Waals surface area contributed by atoms with Gasteiger partial charge in [-0.2, -0.15) is 0 Å². The van der Waals surface area contributed by atoms with Crippen molar-refractivity contribution in [1.82, 2.24) is 4.90 Å². The van der Waals surface area contributed by atoms with Crippen molar-refractivity contribution in [1.29, 1.82) is 0 Å². The van der Waals surface area contributed by atoms with E-state index in [1.807, 2.05) is 13.8 Å². The van der Waals surface area contributed by atoms with Gasteiger partial charge in [0.25, 0.3) is 5.91 Å². The van der Waals surface area contributed by atoms with Gasteiger partial charge in [-0.15, -0.1) is 0 Å². The number of benzene rings is 2. The van der Waals surface area contributed by atoms with Crippen molar-refractivity contribution >= 4 is 40.7 Å². The summed E-state index contributed by atoms with van der Waals surface area (Å²) in [6, 6.07) is 9.78. The van der Waals surface area contributed by atoms with Crippen molar-refractivity contribution in [2.45, 2.75) is 39.3 Å². The van der Waals surface area contributed by atoms with Crippen molar-refractivity contribution in [2.75, 3.05) is 30.9 Å². The van der Waals surface area contributed by atoms with Crippen LogP contribution in [0.3, 0.4) is 0 Å². The number of rotatable bonds is 6. The van der Waals surface area contributed by atoms with Crippen LogP contribution in [0.4, 0.5) is 11.4 Å². The van der Waals surface area contributed by atoms with Crippen LogP contribution >= 0.6 is 11.6 Å². The molecule has 1 aliphatic rings. The third-order valence-corrected chi connectivity index (χ3v) is 5.46. The Labute approximate surface area is 198 Å². The van der Waals surface area contributed by atoms with Gasteiger partial charge in [0.2, 0.25) is 11.8 Å². The highest BCUT2D eigenvalue weighted by Crippen LogP contribution is 2.37. The minimum absolute atomic E-state index is 0.127. The fraction of sp³-hybridized carbons (Fsp3) is 0.375. The molecule has 0 saturated carbocycles. The molecule has 0 bridgehead atoms. The summed E-state index contributed by atoms with van der Waals surface area (Å²) < 4.78 is 11.1. The zero-order valence-corrected chi connectivity index (χ0v) is 20.1. The number of nitrogens with zero attached hydrogens (tertiary/aromatic N) is 2. The van der Waals surface area contributed by atoms with Crippen LogP contribution in [0.5, 0.6) is 11.5 Å². The lowest BCUT2D eigenvalue weighted by molar-refractivity contribution is -0.119. The van der Waals surface area contributed by atoms with Crippen LogP contribution in [0.1, 0.15) is 37.6 Å². The highest BCUT2D eigenvalue weighted by molar-refractivity contribution is 6.32. The number of carbonyl (C=O) groups is 3. The number of fused-ring (bicyclic) bond motifs is 1. The van der Waals surface area contributed by atoms with E-state index in [1.54, 1.807) is 42.2 Å². The van der Waals surface area contributed by atoms with Crippen LogP contribution in [-0.4, -0.2) is 55.5 Å². The smallest absolute Gasteiger partial charge is 0.254 e. The monoisotopic (exact) mass is 473 g/mol. The normalized spacial score (nSPS) is 15.4. The fourth-order valence-electron chi connectivity index (χ4n) is 3.73. The lowest BCUT2D eigenvalue weighted by Crippen LogP contribution is -2.45. The van der Waals surface area contributed by atoms with E-state index in [9.17, 15) is 14.4 Å². The van der Waals surface area contributed by atoms with Crippen LogP contribution in [-0.2, 0) is 9.59 Å². The molecule has 3 rings (SSSR count). The molecule has 0 aliphatic carbocycles. The minimum atomic E-state index is -0.399. The number of nitrogens with one attached hydrogen (secondary N) is 1. The predicted molar refractivity (Wildman–Crippen MR) is 127 cm³/mol. The van der Waals surface area contributed by atoms with E-state index in [1.165, 1.54) is 25.1 Å². The van der Waals surface area contributed by atoms with Gasteiger partial charge in [-0.3, -0.25) is 14.4 Å². The van der Waals surface area contributed by atoms with Crippen LogP contribution in [0.15, 0.2) is 36.4 Å². The Bertz CT molecular complexity index is 1070. The summed E-state index contributed by atoms with van der Waals surface area (Å²) in [5.41, 5.74) is 1.43. The molecule has 3 amide bonds. The summed E-state index contributed by atoms with van der Waals surface area (Å²) >= 11 is 6.35. The Balaban J connectivity index is 1.83. The maximum absolute atomic E-state index is 13.3. The number of hydrogen-bond acceptors (Lipinski definition) is 5. The molecular weight excluding hydrogens is 446 g/mol. The van der Waals surface area contributed by atoms with Crippen LogP contribution in [0.25, 0.3) is 0 Å². The number of anilines is 2. The van der Waals surface area contributed by atoms with Crippen molar-refractivity contribution in [3.8, 4) is 11.5 Å². The second kappa shape index (κ2) is 10.1. The first-order valence-corrected chi connectivity index (χ1v) is 11.0. The van der Waals surface area contributed by atoms with Gasteiger partial charge in [-0.1, -0.05) is 23.7 Å². The Morgan fingerprint density at radius 2 is 1.97 bits per heavy atom. The molecule has 0 saturated heterocycles. The summed E-state index contributed by atoms with van der Waals surface area (Å²) in [4.78, 5) is 41.4. The fourth-order valence-corrected chi connectivity index (χ4v) is 3.99. The van der Waals surface area contributed by atoms with Crippen molar-refractivity contribution in [3.05, 3.63) is 47.0 Å². The number of ether oxygens (including phenoxy) is 2. The molecule has 1 aliphatic heterocycles. The van der Waals surface area contributed by atoms with E-state index >= 15 is 0 Å². The third kappa shape index (κ3) is 5.39. The Hall–Kier alpha value is -3.26. The van der Waals surface area contributed by atoms with Crippen molar-refractivity contribution in [3.63, 3.8) is 0 Å². The van der Waals surface area contributed by atoms with E-state index < -0.39 is 5.91 Å². The molecule has 8 nitrogen and oxygen atoms in total. The minimum Gasteiger partial charge on any atom is -0.493 e. The average Bonchev–Trinajstić information content (AvgIpc) is 2.88. The summed E-state index contributed by atoms with van der Waals surface area (Å²) in [6.45, 7) is 5.34. The van der Waals surface area contributed by atoms with Crippen LogP contribution in [0, 0.1) is 0 Å². The van der Waals surface area contributed by atoms with Gasteiger partial charge in [0.1, 0.15) is 6.54 Å². The lowest BCUT2D eigenvalue weighted by atomic mass is 10.1. The molecule has 0 spiro atoms. The molecule has 1 heterocycles. The highest BCUT2D eigenvalue weighted by Gasteiger charge is 2.31. The summed E-state index contributed by atoms with van der Waals surface area (Å²) in [5, 5.41) is 3.06. The zero-order chi connectivity index (χ0) is 24.3. The van der Waals surface area contributed by atoms with Crippen molar-refractivity contribution in [2.24, 2.45) is 0 Å². The number of amides is 3. The highest BCUT2D eigenvalue weighted by atomic mass is 35.5. The molecule has 0 aromatic heterocycles. The third-order valence-electron chi connectivity index (χ3n) is 5.18. The molecule has 9 heteroatoms. The number of halogens is 1. The van der Waals surface area contributed by atoms with E-state index in [-0.39, 0.29) is 47.5 Å². The second-order valence-electron chi connectivity index (χ2n) is 8.20. The number of likely N-dealkylation sites (N-methyl/N-ethyl adjacent to an activating group) is 1. The molecule has 176 valence electrons. The molecule has 33 heavy (non-hydrogen) atoms. The molecule has 0 fully saturated rings. The molecular formula is C24H28ClN3O5. The molecule has 0 unspecified atom stereocenters. The predicted octanol–water partition coefficient (Wildman–Crippen LogP) is 3.97. The van der Waals surface area contributed by atoms with Crippen LogP contribution < -0.4 is 19.7 Å². The van der Waals surface area contributed by atoms with Gasteiger partial charge in [-0.25, -0.2) is 0 Å². The number of carbonyl (C=O) groups excluding carboxylic acids is 3. The van der Waals surface area contributed by atoms with Gasteiger partial charge < -0.3 is 24.6 Å². The number of para-hydroxylation sites is 2. The van der Waals surface area contributed by atoms with Crippen LogP contribution in [0.2, 0.25) is 5.02 Å². The van der Waals surface area contributed by atoms with E-state index in [4.69, 9.17) is 21.1 Å². The molecule has 0 radical (unpaired) electrons.